The maximum atomic E-state index is 13.0. The molecule has 2 heterocycles. The minimum absolute atomic E-state index is 0.163. The van der Waals surface area contributed by atoms with Crippen LogP contribution < -0.4 is 0 Å². The number of hydrogen-bond acceptors (Lipinski definition) is 5. The molecule has 0 saturated carbocycles. The first kappa shape index (κ1) is 16.4. The van der Waals surface area contributed by atoms with E-state index in [1.54, 1.807) is 43.5 Å². The average molecular weight is 362 g/mol. The summed E-state index contributed by atoms with van der Waals surface area (Å²) >= 11 is 0. The van der Waals surface area contributed by atoms with E-state index in [1.807, 2.05) is 6.92 Å². The molecule has 2 aliphatic carbocycles. The molecule has 4 aliphatic rings. The van der Waals surface area contributed by atoms with Gasteiger partial charge in [-0.1, -0.05) is 31.2 Å². The lowest BCUT2D eigenvalue weighted by Crippen LogP contribution is -2.52. The highest BCUT2D eigenvalue weighted by Crippen LogP contribution is 2.54. The largest absolute Gasteiger partial charge is 0.457 e. The third-order valence-electron chi connectivity index (χ3n) is 6.34. The second-order valence-electron chi connectivity index (χ2n) is 7.42. The van der Waals surface area contributed by atoms with Crippen LogP contribution in [0.4, 0.5) is 0 Å². The van der Waals surface area contributed by atoms with Crippen molar-refractivity contribution in [3.63, 3.8) is 0 Å². The van der Waals surface area contributed by atoms with Gasteiger partial charge in [-0.3, -0.25) is 14.4 Å². The maximum Gasteiger partial charge on any atom is 0.317 e. The molecule has 0 unspecified atom stereocenters. The Bertz CT molecular complexity index is 1030. The van der Waals surface area contributed by atoms with Crippen LogP contribution >= 0.6 is 0 Å². The Labute approximate surface area is 156 Å². The highest BCUT2D eigenvalue weighted by molar-refractivity contribution is 6.28. The Kier molecular flexibility index (Phi) is 3.25. The number of carbonyl (C=O) groups excluding carboxylic acids is 3. The molecule has 0 N–H and O–H groups in total. The molecule has 0 amide bonds. The molecular formula is C22H18O5. The molecule has 0 aromatic heterocycles. The molecule has 6 rings (SSSR count). The Morgan fingerprint density at radius 1 is 1.00 bits per heavy atom. The molecule has 3 atom stereocenters. The van der Waals surface area contributed by atoms with Crippen LogP contribution in [0.25, 0.3) is 0 Å². The number of rotatable bonds is 2. The molecular weight excluding hydrogens is 344 g/mol. The minimum Gasteiger partial charge on any atom is -0.457 e. The molecule has 27 heavy (non-hydrogen) atoms. The van der Waals surface area contributed by atoms with Gasteiger partial charge in [0.05, 0.1) is 5.60 Å². The van der Waals surface area contributed by atoms with Gasteiger partial charge < -0.3 is 9.47 Å². The van der Waals surface area contributed by atoms with Crippen molar-refractivity contribution in [3.8, 4) is 0 Å². The quantitative estimate of drug-likeness (QED) is 0.654. The first-order chi connectivity index (χ1) is 13.0. The fourth-order valence-corrected chi connectivity index (χ4v) is 4.88. The fraction of sp³-hybridized carbons (Fsp3) is 0.318. The number of hydrogen-bond donors (Lipinski definition) is 0. The van der Waals surface area contributed by atoms with E-state index in [4.69, 9.17) is 9.47 Å². The number of methoxy groups -OCH3 is 1. The van der Waals surface area contributed by atoms with E-state index >= 15 is 0 Å². The topological polar surface area (TPSA) is 69.7 Å². The average Bonchev–Trinajstić information content (AvgIpc) is 2.70. The van der Waals surface area contributed by atoms with E-state index < -0.39 is 17.6 Å². The first-order valence-corrected chi connectivity index (χ1v) is 9.12. The van der Waals surface area contributed by atoms with Gasteiger partial charge in [-0.25, -0.2) is 0 Å². The van der Waals surface area contributed by atoms with Gasteiger partial charge in [-0.2, -0.15) is 0 Å². The highest BCUT2D eigenvalue weighted by Gasteiger charge is 2.56. The van der Waals surface area contributed by atoms with Gasteiger partial charge in [0.15, 0.2) is 11.6 Å². The van der Waals surface area contributed by atoms with Crippen molar-refractivity contribution in [2.45, 2.75) is 37.4 Å². The van der Waals surface area contributed by atoms with E-state index in [2.05, 4.69) is 0 Å². The summed E-state index contributed by atoms with van der Waals surface area (Å²) in [6.07, 6.45) is 0.759. The molecule has 2 aliphatic heterocycles. The van der Waals surface area contributed by atoms with Gasteiger partial charge in [0, 0.05) is 35.8 Å². The number of fused-ring (bicyclic) bond motifs is 4. The Morgan fingerprint density at radius 3 is 2.15 bits per heavy atom. The second-order valence-corrected chi connectivity index (χ2v) is 7.42. The van der Waals surface area contributed by atoms with Gasteiger partial charge >= 0.3 is 5.97 Å². The normalized spacial score (nSPS) is 27.7. The summed E-state index contributed by atoms with van der Waals surface area (Å²) in [5.74, 6) is -1.25. The van der Waals surface area contributed by atoms with Crippen LogP contribution in [0.1, 0.15) is 74.8 Å². The van der Waals surface area contributed by atoms with E-state index in [-0.39, 0.29) is 17.5 Å². The third-order valence-corrected chi connectivity index (χ3v) is 6.34. The second kappa shape index (κ2) is 5.36. The highest BCUT2D eigenvalue weighted by atomic mass is 16.6. The molecule has 0 radical (unpaired) electrons. The summed E-state index contributed by atoms with van der Waals surface area (Å²) in [5.41, 5.74) is 2.52. The number of ether oxygens (including phenoxy) is 2. The standard InChI is InChI=1S/C22H18O5/c1-3-22(26-2)10-17-13-8-15-16(9-14(13)18(22)21(25)27-17)20(24)12-7-5-4-6-11(12)19(15)23/h4-9,17-18H,3,10H2,1-2H3/t17-,18+,22+/m1/s1. The van der Waals surface area contributed by atoms with Crippen molar-refractivity contribution in [3.05, 3.63) is 69.8 Å². The summed E-state index contributed by atoms with van der Waals surface area (Å²) in [6.45, 7) is 1.99. The van der Waals surface area contributed by atoms with Crippen LogP contribution in [-0.4, -0.2) is 30.2 Å². The first-order valence-electron chi connectivity index (χ1n) is 9.12. The van der Waals surface area contributed by atoms with E-state index in [0.717, 1.165) is 11.1 Å². The van der Waals surface area contributed by atoms with Crippen LogP contribution in [0.2, 0.25) is 0 Å². The van der Waals surface area contributed by atoms with Crippen LogP contribution in [0.5, 0.6) is 0 Å². The van der Waals surface area contributed by atoms with Crippen LogP contribution in [0, 0.1) is 0 Å². The SMILES string of the molecule is CC[C@]1(OC)C[C@H]2OC(=O)[C@@H]1c1cc3c(cc12)C(=O)c1ccccc1C3=O. The molecule has 2 bridgehead atoms. The molecule has 0 spiro atoms. The Balaban J connectivity index is 1.75. The zero-order valence-electron chi connectivity index (χ0n) is 15.1. The van der Waals surface area contributed by atoms with Crippen LogP contribution in [-0.2, 0) is 14.3 Å². The minimum atomic E-state index is -0.638. The van der Waals surface area contributed by atoms with E-state index in [1.165, 1.54) is 0 Å². The lowest BCUT2D eigenvalue weighted by atomic mass is 9.65. The summed E-state index contributed by atoms with van der Waals surface area (Å²) in [7, 11) is 1.61. The fourth-order valence-electron chi connectivity index (χ4n) is 4.88. The van der Waals surface area contributed by atoms with Gasteiger partial charge in [-0.05, 0) is 29.7 Å². The lowest BCUT2D eigenvalue weighted by Gasteiger charge is -2.49. The summed E-state index contributed by atoms with van der Waals surface area (Å²) in [6, 6.07) is 10.3. The maximum absolute atomic E-state index is 13.0. The van der Waals surface area contributed by atoms with E-state index in [0.29, 0.717) is 35.1 Å². The number of carbonyl (C=O) groups is 3. The van der Waals surface area contributed by atoms with Crippen molar-refractivity contribution in [1.82, 2.24) is 0 Å². The molecule has 2 aromatic carbocycles. The molecule has 5 heteroatoms. The number of ketones is 2. The van der Waals surface area contributed by atoms with Crippen molar-refractivity contribution in [2.75, 3.05) is 7.11 Å². The van der Waals surface area contributed by atoms with Crippen LogP contribution in [0.3, 0.4) is 0 Å². The molecule has 1 saturated heterocycles. The number of esters is 1. The zero-order chi connectivity index (χ0) is 18.9. The monoisotopic (exact) mass is 362 g/mol. The Morgan fingerprint density at radius 2 is 1.59 bits per heavy atom. The summed E-state index contributed by atoms with van der Waals surface area (Å²) < 4.78 is 11.4. The predicted molar refractivity (Wildman–Crippen MR) is 96.0 cm³/mol. The zero-order valence-corrected chi connectivity index (χ0v) is 15.1. The van der Waals surface area contributed by atoms with Gasteiger partial charge in [0.2, 0.25) is 0 Å². The molecule has 136 valence electrons. The van der Waals surface area contributed by atoms with E-state index in [9.17, 15) is 14.4 Å². The smallest absolute Gasteiger partial charge is 0.317 e. The van der Waals surface area contributed by atoms with Crippen LogP contribution in [0.15, 0.2) is 36.4 Å². The van der Waals surface area contributed by atoms with Gasteiger partial charge in [0.25, 0.3) is 0 Å². The lowest BCUT2D eigenvalue weighted by molar-refractivity contribution is -0.186. The van der Waals surface area contributed by atoms with Crippen molar-refractivity contribution in [1.29, 1.82) is 0 Å². The summed E-state index contributed by atoms with van der Waals surface area (Å²) in [5, 5.41) is 0. The third kappa shape index (κ3) is 1.95. The molecule has 5 nitrogen and oxygen atoms in total. The van der Waals surface area contributed by atoms with Crippen molar-refractivity contribution < 1.29 is 23.9 Å². The van der Waals surface area contributed by atoms with Gasteiger partial charge in [-0.15, -0.1) is 0 Å². The Hall–Kier alpha value is -2.79. The van der Waals surface area contributed by atoms with Crippen molar-refractivity contribution in [2.24, 2.45) is 0 Å². The predicted octanol–water partition coefficient (Wildman–Crippen LogP) is 3.34. The summed E-state index contributed by atoms with van der Waals surface area (Å²) in [4.78, 5) is 38.6. The van der Waals surface area contributed by atoms with Crippen molar-refractivity contribution >= 4 is 17.5 Å². The number of benzene rings is 2. The molecule has 2 aromatic rings. The van der Waals surface area contributed by atoms with Gasteiger partial charge in [0.1, 0.15) is 12.0 Å². The molecule has 1 fully saturated rings.